The van der Waals surface area contributed by atoms with E-state index in [2.05, 4.69) is 10.3 Å². The van der Waals surface area contributed by atoms with Crippen LogP contribution in [-0.2, 0) is 0 Å². The number of rotatable bonds is 3. The Morgan fingerprint density at radius 1 is 1.19 bits per heavy atom. The van der Waals surface area contributed by atoms with Gasteiger partial charge in [0.25, 0.3) is 5.69 Å². The van der Waals surface area contributed by atoms with Gasteiger partial charge in [-0.1, -0.05) is 0 Å². The van der Waals surface area contributed by atoms with Crippen molar-refractivity contribution in [2.45, 2.75) is 44.1 Å². The maximum atomic E-state index is 11.0. The Labute approximate surface area is 123 Å². The molecule has 0 amide bonds. The van der Waals surface area contributed by atoms with E-state index < -0.39 is 4.92 Å². The molecule has 4 fully saturated rings. The highest BCUT2D eigenvalue weighted by atomic mass is 16.6. The number of aromatic nitrogens is 1. The first kappa shape index (κ1) is 12.9. The van der Waals surface area contributed by atoms with Crippen LogP contribution >= 0.6 is 0 Å². The van der Waals surface area contributed by atoms with E-state index in [1.807, 2.05) is 0 Å². The van der Waals surface area contributed by atoms with Crippen LogP contribution in [0.3, 0.4) is 0 Å². The van der Waals surface area contributed by atoms with E-state index in [1.165, 1.54) is 50.7 Å². The zero-order chi connectivity index (χ0) is 14.6. The van der Waals surface area contributed by atoms with Crippen LogP contribution in [0.1, 0.15) is 38.5 Å². The molecule has 0 saturated heterocycles. The Morgan fingerprint density at radius 2 is 1.76 bits per heavy atom. The zero-order valence-corrected chi connectivity index (χ0v) is 11.9. The molecule has 21 heavy (non-hydrogen) atoms. The van der Waals surface area contributed by atoms with Gasteiger partial charge in [-0.25, -0.2) is 4.98 Å². The molecule has 0 aromatic carbocycles. The third kappa shape index (κ3) is 2.22. The van der Waals surface area contributed by atoms with E-state index in [0.29, 0.717) is 5.82 Å². The Hall–Kier alpha value is -1.85. The molecule has 0 spiro atoms. The summed E-state index contributed by atoms with van der Waals surface area (Å²) in [5, 5.41) is 14.5. The number of nitro groups is 1. The summed E-state index contributed by atoms with van der Waals surface area (Å²) in [5.74, 6) is 3.22. The molecule has 4 aliphatic rings. The summed E-state index contributed by atoms with van der Waals surface area (Å²) in [6.07, 6.45) is 7.61. The van der Waals surface area contributed by atoms with Crippen LogP contribution < -0.4 is 11.1 Å². The van der Waals surface area contributed by atoms with Crippen LogP contribution in [-0.4, -0.2) is 15.4 Å². The van der Waals surface area contributed by atoms with Crippen molar-refractivity contribution in [2.75, 3.05) is 11.1 Å². The average Bonchev–Trinajstić information content (AvgIpc) is 2.35. The number of nitrogens with zero attached hydrogens (tertiary/aromatic N) is 2. The summed E-state index contributed by atoms with van der Waals surface area (Å²) in [5.41, 5.74) is 5.80. The molecule has 5 rings (SSSR count). The molecule has 112 valence electrons. The number of nitrogens with one attached hydrogen (secondary N) is 1. The molecule has 1 heterocycles. The lowest BCUT2D eigenvalue weighted by Crippen LogP contribution is -2.54. The largest absolute Gasteiger partial charge is 0.383 e. The number of hydrogen-bond acceptors (Lipinski definition) is 5. The number of pyridine rings is 1. The molecule has 0 unspecified atom stereocenters. The molecule has 0 aliphatic heterocycles. The van der Waals surface area contributed by atoms with Crippen LogP contribution in [0.15, 0.2) is 12.1 Å². The predicted molar refractivity (Wildman–Crippen MR) is 79.8 cm³/mol. The minimum absolute atomic E-state index is 0.00901. The van der Waals surface area contributed by atoms with Crippen molar-refractivity contribution in [3.8, 4) is 0 Å². The lowest BCUT2D eigenvalue weighted by Gasteiger charge is -2.57. The molecule has 0 atom stereocenters. The number of hydrogen-bond donors (Lipinski definition) is 2. The quantitative estimate of drug-likeness (QED) is 0.658. The van der Waals surface area contributed by atoms with Gasteiger partial charge in [-0.3, -0.25) is 10.1 Å². The maximum Gasteiger partial charge on any atom is 0.276 e. The van der Waals surface area contributed by atoms with Crippen LogP contribution in [0.2, 0.25) is 0 Å². The summed E-state index contributed by atoms with van der Waals surface area (Å²) >= 11 is 0. The molecule has 6 nitrogen and oxygen atoms in total. The normalized spacial score (nSPS) is 36.7. The van der Waals surface area contributed by atoms with E-state index in [0.717, 1.165) is 17.8 Å². The van der Waals surface area contributed by atoms with Gasteiger partial charge in [0.2, 0.25) is 0 Å². The Morgan fingerprint density at radius 3 is 2.29 bits per heavy atom. The fourth-order valence-corrected chi connectivity index (χ4v) is 5.24. The van der Waals surface area contributed by atoms with Gasteiger partial charge in [0.1, 0.15) is 11.6 Å². The number of nitrogen functional groups attached to an aromatic ring is 1. The highest BCUT2D eigenvalue weighted by Crippen LogP contribution is 2.56. The lowest BCUT2D eigenvalue weighted by molar-refractivity contribution is -0.384. The van der Waals surface area contributed by atoms with E-state index in [4.69, 9.17) is 5.73 Å². The molecule has 0 radical (unpaired) electrons. The van der Waals surface area contributed by atoms with Crippen molar-refractivity contribution in [3.05, 3.63) is 22.2 Å². The van der Waals surface area contributed by atoms with Gasteiger partial charge in [0.15, 0.2) is 0 Å². The second-order valence-corrected chi connectivity index (χ2v) is 7.22. The van der Waals surface area contributed by atoms with Crippen molar-refractivity contribution < 1.29 is 4.92 Å². The molecular weight excluding hydrogens is 268 g/mol. The first-order chi connectivity index (χ1) is 10.0. The van der Waals surface area contributed by atoms with Crippen LogP contribution in [0.25, 0.3) is 0 Å². The van der Waals surface area contributed by atoms with E-state index >= 15 is 0 Å². The van der Waals surface area contributed by atoms with Crippen molar-refractivity contribution in [1.29, 1.82) is 0 Å². The maximum absolute atomic E-state index is 11.0. The highest BCUT2D eigenvalue weighted by Gasteiger charge is 2.51. The minimum atomic E-state index is -0.414. The monoisotopic (exact) mass is 288 g/mol. The third-order valence-corrected chi connectivity index (χ3v) is 5.47. The predicted octanol–water partition coefficient (Wildman–Crippen LogP) is 2.95. The second-order valence-electron chi connectivity index (χ2n) is 7.22. The number of nitrogens with two attached hydrogens (primary N) is 1. The van der Waals surface area contributed by atoms with Gasteiger partial charge in [0.05, 0.1) is 17.1 Å². The molecule has 1 aromatic rings. The summed E-state index contributed by atoms with van der Waals surface area (Å²) in [7, 11) is 0. The Kier molecular flexibility index (Phi) is 2.65. The standard InChI is InChI=1S/C15H20N4O2/c16-13-4-12(19(20)21)5-14(17-13)18-15-6-9-1-10(7-15)3-11(2-9)8-15/h4-5,9-11H,1-3,6-8H2,(H3,16,17,18). The molecular formula is C15H20N4O2. The fourth-order valence-electron chi connectivity index (χ4n) is 5.24. The molecule has 4 saturated carbocycles. The molecule has 6 heteroatoms. The highest BCUT2D eigenvalue weighted by molar-refractivity contribution is 5.54. The van der Waals surface area contributed by atoms with Crippen molar-refractivity contribution in [2.24, 2.45) is 17.8 Å². The van der Waals surface area contributed by atoms with Crippen LogP contribution in [0.4, 0.5) is 17.3 Å². The van der Waals surface area contributed by atoms with E-state index in [9.17, 15) is 10.1 Å². The summed E-state index contributed by atoms with van der Waals surface area (Å²) < 4.78 is 0. The first-order valence-electron chi connectivity index (χ1n) is 7.71. The van der Waals surface area contributed by atoms with Gasteiger partial charge in [0, 0.05) is 5.54 Å². The average molecular weight is 288 g/mol. The van der Waals surface area contributed by atoms with Gasteiger partial charge in [-0.2, -0.15) is 0 Å². The number of anilines is 2. The van der Waals surface area contributed by atoms with E-state index in [-0.39, 0.29) is 17.0 Å². The first-order valence-corrected chi connectivity index (χ1v) is 7.71. The van der Waals surface area contributed by atoms with Crippen LogP contribution in [0.5, 0.6) is 0 Å². The fraction of sp³-hybridized carbons (Fsp3) is 0.667. The summed E-state index contributed by atoms with van der Waals surface area (Å²) in [6.45, 7) is 0. The molecule has 1 aromatic heterocycles. The SMILES string of the molecule is Nc1cc([N+](=O)[O-])cc(NC23CC4CC(CC(C4)C2)C3)n1. The van der Waals surface area contributed by atoms with Gasteiger partial charge < -0.3 is 11.1 Å². The second kappa shape index (κ2) is 4.32. The molecule has 3 N–H and O–H groups in total. The molecule has 4 bridgehead atoms. The van der Waals surface area contributed by atoms with Gasteiger partial charge >= 0.3 is 0 Å². The Balaban J connectivity index is 1.62. The van der Waals surface area contributed by atoms with E-state index in [1.54, 1.807) is 0 Å². The summed E-state index contributed by atoms with van der Waals surface area (Å²) in [4.78, 5) is 14.8. The van der Waals surface area contributed by atoms with Crippen LogP contribution in [0, 0.1) is 27.9 Å². The van der Waals surface area contributed by atoms with Crippen molar-refractivity contribution in [1.82, 2.24) is 4.98 Å². The minimum Gasteiger partial charge on any atom is -0.383 e. The smallest absolute Gasteiger partial charge is 0.276 e. The van der Waals surface area contributed by atoms with Gasteiger partial charge in [-0.05, 0) is 56.3 Å². The zero-order valence-electron chi connectivity index (χ0n) is 11.9. The summed E-state index contributed by atoms with van der Waals surface area (Å²) in [6, 6.07) is 2.82. The van der Waals surface area contributed by atoms with Gasteiger partial charge in [-0.15, -0.1) is 0 Å². The topological polar surface area (TPSA) is 94.1 Å². The van der Waals surface area contributed by atoms with Crippen molar-refractivity contribution >= 4 is 17.3 Å². The Bertz CT molecular complexity index is 566. The lowest BCUT2D eigenvalue weighted by atomic mass is 9.53. The van der Waals surface area contributed by atoms with Crippen molar-refractivity contribution in [3.63, 3.8) is 0 Å². The molecule has 4 aliphatic carbocycles. The third-order valence-electron chi connectivity index (χ3n) is 5.47.